The van der Waals surface area contributed by atoms with Gasteiger partial charge in [0.2, 0.25) is 0 Å². The van der Waals surface area contributed by atoms with Gasteiger partial charge in [-0.25, -0.2) is 9.59 Å². The Morgan fingerprint density at radius 3 is 1.76 bits per heavy atom. The summed E-state index contributed by atoms with van der Waals surface area (Å²) in [6, 6.07) is 2.78. The van der Waals surface area contributed by atoms with Crippen molar-refractivity contribution in [1.82, 2.24) is 15.5 Å². The number of azide groups is 1. The summed E-state index contributed by atoms with van der Waals surface area (Å²) in [6.07, 6.45) is 1.58. The lowest BCUT2D eigenvalue weighted by Crippen LogP contribution is -2.48. The number of urea groups is 1. The maximum absolute atomic E-state index is 12.5. The van der Waals surface area contributed by atoms with Gasteiger partial charge in [-0.1, -0.05) is 16.7 Å². The summed E-state index contributed by atoms with van der Waals surface area (Å²) in [5.74, 6) is -0.218. The minimum Gasteiger partial charge on any atom is -0.496 e. The third kappa shape index (κ3) is 23.6. The van der Waals surface area contributed by atoms with Gasteiger partial charge in [-0.05, 0) is 24.4 Å². The third-order valence-electron chi connectivity index (χ3n) is 7.64. The van der Waals surface area contributed by atoms with E-state index in [4.69, 9.17) is 70.2 Å². The molecule has 1 fully saturated rings. The second-order valence-corrected chi connectivity index (χ2v) is 12.0. The maximum Gasteiger partial charge on any atom is 0.342 e. The van der Waals surface area contributed by atoms with Crippen molar-refractivity contribution in [3.8, 4) is 5.75 Å². The van der Waals surface area contributed by atoms with Crippen LogP contribution >= 0.6 is 11.6 Å². The average molecular weight is 792 g/mol. The number of amides is 2. The first-order chi connectivity index (χ1) is 26.4. The first-order valence-electron chi connectivity index (χ1n) is 18.1. The number of nitrogens with zero attached hydrogens (tertiary/aromatic N) is 4. The number of ether oxygens (including phenoxy) is 10. The molecule has 0 saturated carbocycles. The van der Waals surface area contributed by atoms with Gasteiger partial charge in [-0.2, -0.15) is 0 Å². The number of likely N-dealkylation sites (tertiary alicyclic amines) is 1. The Hall–Kier alpha value is -3.20. The minimum atomic E-state index is -0.527. The number of nitrogen functional groups attached to an aromatic ring is 1. The van der Waals surface area contributed by atoms with Crippen molar-refractivity contribution in [2.75, 3.05) is 158 Å². The van der Waals surface area contributed by atoms with Crippen LogP contribution in [0.4, 0.5) is 10.5 Å². The fourth-order valence-electron chi connectivity index (χ4n) is 4.81. The first-order valence-corrected chi connectivity index (χ1v) is 18.5. The Bertz CT molecular complexity index is 1190. The van der Waals surface area contributed by atoms with Crippen molar-refractivity contribution >= 4 is 29.3 Å². The number of hydrogen-bond acceptors (Lipinski definition) is 15. The fourth-order valence-corrected chi connectivity index (χ4v) is 4.97. The highest BCUT2D eigenvalue weighted by atomic mass is 35.5. The normalized spacial score (nSPS) is 13.4. The van der Waals surface area contributed by atoms with Gasteiger partial charge in [0, 0.05) is 49.7 Å². The highest BCUT2D eigenvalue weighted by molar-refractivity contribution is 6.33. The molecule has 54 heavy (non-hydrogen) atoms. The molecule has 2 amide bonds. The predicted molar refractivity (Wildman–Crippen MR) is 199 cm³/mol. The van der Waals surface area contributed by atoms with Gasteiger partial charge < -0.3 is 63.7 Å². The molecule has 19 nitrogen and oxygen atoms in total. The Balaban J connectivity index is 1.28. The molecule has 1 saturated heterocycles. The largest absolute Gasteiger partial charge is 0.496 e. The average Bonchev–Trinajstić information content (AvgIpc) is 3.17. The zero-order valence-electron chi connectivity index (χ0n) is 31.3. The van der Waals surface area contributed by atoms with Gasteiger partial charge in [0.15, 0.2) is 0 Å². The van der Waals surface area contributed by atoms with Crippen molar-refractivity contribution in [2.24, 2.45) is 5.11 Å². The van der Waals surface area contributed by atoms with E-state index in [1.807, 2.05) is 0 Å². The molecule has 0 unspecified atom stereocenters. The molecular weight excluding hydrogens is 734 g/mol. The summed E-state index contributed by atoms with van der Waals surface area (Å²) < 4.78 is 54.1. The molecule has 0 bridgehead atoms. The standard InChI is InChI=1S/C34H58ClN7O12/c1-45-32-27-31(36)30(35)26-29(32)33(43)54-11-8-42-6-2-28(3-7-42)40-34(44)38-4-9-46-12-14-48-16-18-50-20-22-52-24-25-53-23-21-51-19-17-49-15-13-47-10-5-39-41-37/h26-28H,2-25,36H2,1H3,(H2,38,40,44). The lowest BCUT2D eigenvalue weighted by molar-refractivity contribution is -0.0228. The lowest BCUT2D eigenvalue weighted by Gasteiger charge is -2.32. The topological polar surface area (TPSA) is 229 Å². The summed E-state index contributed by atoms with van der Waals surface area (Å²) in [5.41, 5.74) is 14.5. The number of carbonyl (C=O) groups excluding carboxylic acids is 2. The van der Waals surface area contributed by atoms with Gasteiger partial charge >= 0.3 is 12.0 Å². The van der Waals surface area contributed by atoms with Gasteiger partial charge in [-0.15, -0.1) is 0 Å². The number of carbonyl (C=O) groups is 2. The molecule has 0 radical (unpaired) electrons. The van der Waals surface area contributed by atoms with Crippen molar-refractivity contribution < 1.29 is 57.0 Å². The summed E-state index contributed by atoms with van der Waals surface area (Å²) in [4.78, 5) is 29.6. The smallest absolute Gasteiger partial charge is 0.342 e. The van der Waals surface area contributed by atoms with E-state index in [0.29, 0.717) is 137 Å². The van der Waals surface area contributed by atoms with Crippen molar-refractivity contribution in [2.45, 2.75) is 18.9 Å². The number of halogens is 1. The van der Waals surface area contributed by atoms with Crippen LogP contribution in [0.3, 0.4) is 0 Å². The second-order valence-electron chi connectivity index (χ2n) is 11.6. The summed E-state index contributed by atoms with van der Waals surface area (Å²) >= 11 is 6.05. The molecule has 0 aliphatic carbocycles. The number of esters is 1. The summed E-state index contributed by atoms with van der Waals surface area (Å²) in [7, 11) is 1.45. The molecule has 308 valence electrons. The van der Waals surface area contributed by atoms with E-state index in [1.54, 1.807) is 0 Å². The molecule has 0 aromatic heterocycles. The van der Waals surface area contributed by atoms with E-state index in [1.165, 1.54) is 19.2 Å². The number of anilines is 1. The molecular formula is C34H58ClN7O12. The van der Waals surface area contributed by atoms with Gasteiger partial charge in [-0.3, -0.25) is 4.90 Å². The SMILES string of the molecule is COc1cc(N)c(Cl)cc1C(=O)OCCN1CCC(NC(=O)NCCOCCOCCOCCOCCOCCOCCOCCOCCN=[N+]=[N-])CC1. The van der Waals surface area contributed by atoms with E-state index >= 15 is 0 Å². The van der Waals surface area contributed by atoms with Crippen LogP contribution in [0.1, 0.15) is 23.2 Å². The molecule has 2 rings (SSSR count). The summed E-state index contributed by atoms with van der Waals surface area (Å²) in [5, 5.41) is 9.45. The van der Waals surface area contributed by atoms with Crippen molar-refractivity contribution in [3.05, 3.63) is 33.2 Å². The van der Waals surface area contributed by atoms with E-state index in [-0.39, 0.29) is 29.3 Å². The Kier molecular flexibility index (Phi) is 27.9. The molecule has 1 aliphatic rings. The van der Waals surface area contributed by atoms with E-state index in [0.717, 1.165) is 25.9 Å². The van der Waals surface area contributed by atoms with Crippen LogP contribution in [0.5, 0.6) is 5.75 Å². The van der Waals surface area contributed by atoms with Gasteiger partial charge in [0.25, 0.3) is 0 Å². The van der Waals surface area contributed by atoms with Crippen molar-refractivity contribution in [3.63, 3.8) is 0 Å². The van der Waals surface area contributed by atoms with Crippen LogP contribution in [0, 0.1) is 0 Å². The quantitative estimate of drug-likeness (QED) is 0.0232. The molecule has 1 aromatic rings. The zero-order chi connectivity index (χ0) is 38.9. The van der Waals surface area contributed by atoms with E-state index in [9.17, 15) is 9.59 Å². The number of methoxy groups -OCH3 is 1. The van der Waals surface area contributed by atoms with Crippen LogP contribution in [-0.2, 0) is 42.6 Å². The third-order valence-corrected chi connectivity index (χ3v) is 7.96. The molecule has 0 spiro atoms. The lowest BCUT2D eigenvalue weighted by atomic mass is 10.1. The molecule has 20 heteroatoms. The molecule has 4 N–H and O–H groups in total. The van der Waals surface area contributed by atoms with Crippen LogP contribution in [-0.4, -0.2) is 175 Å². The van der Waals surface area contributed by atoms with Crippen LogP contribution < -0.4 is 21.1 Å². The maximum atomic E-state index is 12.5. The Morgan fingerprint density at radius 1 is 0.796 bits per heavy atom. The minimum absolute atomic E-state index is 0.0676. The Labute approximate surface area is 322 Å². The highest BCUT2D eigenvalue weighted by Gasteiger charge is 2.21. The van der Waals surface area contributed by atoms with Gasteiger partial charge in [0.05, 0.1) is 124 Å². The first kappa shape index (κ1) is 47.0. The number of rotatable bonds is 33. The molecule has 1 heterocycles. The Morgan fingerprint density at radius 2 is 1.28 bits per heavy atom. The monoisotopic (exact) mass is 791 g/mol. The number of nitrogens with two attached hydrogens (primary N) is 1. The van der Waals surface area contributed by atoms with Crippen LogP contribution in [0.2, 0.25) is 5.02 Å². The van der Waals surface area contributed by atoms with Crippen LogP contribution in [0.25, 0.3) is 10.4 Å². The highest BCUT2D eigenvalue weighted by Crippen LogP contribution is 2.29. The van der Waals surface area contributed by atoms with E-state index in [2.05, 4.69) is 25.6 Å². The van der Waals surface area contributed by atoms with Gasteiger partial charge in [0.1, 0.15) is 17.9 Å². The molecule has 0 atom stereocenters. The second kappa shape index (κ2) is 32.1. The van der Waals surface area contributed by atoms with E-state index < -0.39 is 5.97 Å². The number of hydrogen-bond donors (Lipinski definition) is 3. The molecule has 1 aromatic carbocycles. The predicted octanol–water partition coefficient (Wildman–Crippen LogP) is 2.29. The summed E-state index contributed by atoms with van der Waals surface area (Å²) in [6.45, 7) is 10.2. The number of benzene rings is 1. The number of piperidine rings is 1. The fraction of sp³-hybridized carbons (Fsp3) is 0.765. The van der Waals surface area contributed by atoms with Crippen molar-refractivity contribution in [1.29, 1.82) is 0 Å². The number of nitrogens with one attached hydrogen (secondary N) is 2. The zero-order valence-corrected chi connectivity index (χ0v) is 32.1. The van der Waals surface area contributed by atoms with Crippen LogP contribution in [0.15, 0.2) is 17.2 Å². The molecule has 1 aliphatic heterocycles.